The Morgan fingerprint density at radius 3 is 2.81 bits per heavy atom. The molecule has 1 unspecified atom stereocenters. The van der Waals surface area contributed by atoms with E-state index in [-0.39, 0.29) is 0 Å². The van der Waals surface area contributed by atoms with Gasteiger partial charge in [0.15, 0.2) is 0 Å². The molecule has 1 aromatic carbocycles. The van der Waals surface area contributed by atoms with Gasteiger partial charge in [0.25, 0.3) is 0 Å². The third-order valence-electron chi connectivity index (χ3n) is 2.58. The molecule has 16 heavy (non-hydrogen) atoms. The van der Waals surface area contributed by atoms with Crippen molar-refractivity contribution in [2.45, 2.75) is 19.4 Å². The topological polar surface area (TPSA) is 24.9 Å². The minimum Gasteiger partial charge on any atom is -0.310 e. The fourth-order valence-electron chi connectivity index (χ4n) is 1.64. The molecular weight excluding hydrogens is 216 g/mol. The van der Waals surface area contributed by atoms with Gasteiger partial charge in [-0.2, -0.15) is 0 Å². The zero-order valence-electron chi connectivity index (χ0n) is 9.39. The van der Waals surface area contributed by atoms with Crippen molar-refractivity contribution in [2.75, 3.05) is 6.54 Å². The maximum absolute atomic E-state index is 4.24. The van der Waals surface area contributed by atoms with Gasteiger partial charge < -0.3 is 5.32 Å². The predicted octanol–water partition coefficient (Wildman–Crippen LogP) is 3.04. The highest BCUT2D eigenvalue weighted by molar-refractivity contribution is 7.09. The average molecular weight is 232 g/mol. The second-order valence-corrected chi connectivity index (χ2v) is 4.85. The minimum absolute atomic E-state index is 0.543. The number of rotatable bonds is 5. The predicted molar refractivity (Wildman–Crippen MR) is 68.7 cm³/mol. The maximum Gasteiger partial charge on any atom is 0.106 e. The Bertz CT molecular complexity index is 397. The number of aromatic nitrogens is 1. The van der Waals surface area contributed by atoms with Crippen LogP contribution < -0.4 is 5.32 Å². The highest BCUT2D eigenvalue weighted by atomic mass is 32.1. The molecule has 1 aromatic heterocycles. The van der Waals surface area contributed by atoms with Crippen LogP contribution in [0.2, 0.25) is 0 Å². The summed E-state index contributed by atoms with van der Waals surface area (Å²) in [5, 5.41) is 6.60. The van der Waals surface area contributed by atoms with Crippen molar-refractivity contribution < 1.29 is 0 Å². The first-order valence-electron chi connectivity index (χ1n) is 5.50. The molecule has 1 atom stereocenters. The highest BCUT2D eigenvalue weighted by Crippen LogP contribution is 2.13. The number of nitrogens with zero attached hydrogens (tertiary/aromatic N) is 1. The third-order valence-corrected chi connectivity index (χ3v) is 3.36. The van der Waals surface area contributed by atoms with Crippen LogP contribution in [0, 0.1) is 0 Å². The molecule has 0 spiro atoms. The van der Waals surface area contributed by atoms with Crippen molar-refractivity contribution in [2.24, 2.45) is 0 Å². The Hall–Kier alpha value is -1.19. The minimum atomic E-state index is 0.543. The van der Waals surface area contributed by atoms with E-state index >= 15 is 0 Å². The molecule has 2 rings (SSSR count). The van der Waals surface area contributed by atoms with Crippen molar-refractivity contribution in [3.63, 3.8) is 0 Å². The summed E-state index contributed by atoms with van der Waals surface area (Å²) in [5.41, 5.74) is 1.38. The van der Waals surface area contributed by atoms with Gasteiger partial charge in [-0.3, -0.25) is 0 Å². The number of nitrogens with one attached hydrogen (secondary N) is 1. The molecule has 0 bridgehead atoms. The quantitative estimate of drug-likeness (QED) is 0.857. The van der Waals surface area contributed by atoms with Gasteiger partial charge in [0.05, 0.1) is 0 Å². The van der Waals surface area contributed by atoms with E-state index in [1.807, 2.05) is 11.6 Å². The molecule has 0 aliphatic carbocycles. The van der Waals surface area contributed by atoms with E-state index < -0.39 is 0 Å². The lowest BCUT2D eigenvalue weighted by atomic mass is 10.0. The molecule has 3 heteroatoms. The number of thiazole rings is 1. The van der Waals surface area contributed by atoms with Crippen molar-refractivity contribution in [3.8, 4) is 0 Å². The van der Waals surface area contributed by atoms with Crippen LogP contribution in [-0.2, 0) is 6.54 Å². The molecule has 0 aliphatic rings. The molecule has 0 radical (unpaired) electrons. The SMILES string of the molecule is CC(CNCc1nccs1)c1ccccc1. The van der Waals surface area contributed by atoms with Gasteiger partial charge >= 0.3 is 0 Å². The van der Waals surface area contributed by atoms with E-state index in [0.717, 1.165) is 18.1 Å². The smallest absolute Gasteiger partial charge is 0.106 e. The van der Waals surface area contributed by atoms with Crippen LogP contribution in [0.5, 0.6) is 0 Å². The third kappa shape index (κ3) is 3.15. The Morgan fingerprint density at radius 1 is 1.31 bits per heavy atom. The summed E-state index contributed by atoms with van der Waals surface area (Å²) in [6.45, 7) is 4.10. The van der Waals surface area contributed by atoms with Crippen molar-refractivity contribution in [3.05, 3.63) is 52.5 Å². The monoisotopic (exact) mass is 232 g/mol. The van der Waals surface area contributed by atoms with E-state index in [2.05, 4.69) is 47.6 Å². The highest BCUT2D eigenvalue weighted by Gasteiger charge is 2.04. The second-order valence-electron chi connectivity index (χ2n) is 3.87. The average Bonchev–Trinajstić information content (AvgIpc) is 2.83. The summed E-state index contributed by atoms with van der Waals surface area (Å²) in [7, 11) is 0. The molecule has 0 fully saturated rings. The summed E-state index contributed by atoms with van der Waals surface area (Å²) in [4.78, 5) is 4.24. The normalized spacial score (nSPS) is 12.6. The molecule has 1 heterocycles. The van der Waals surface area contributed by atoms with Crippen LogP contribution in [0.25, 0.3) is 0 Å². The molecule has 0 amide bonds. The lowest BCUT2D eigenvalue weighted by molar-refractivity contribution is 0.613. The molecule has 2 nitrogen and oxygen atoms in total. The lowest BCUT2D eigenvalue weighted by Gasteiger charge is -2.12. The lowest BCUT2D eigenvalue weighted by Crippen LogP contribution is -2.19. The molecule has 1 N–H and O–H groups in total. The van der Waals surface area contributed by atoms with Crippen LogP contribution in [0.15, 0.2) is 41.9 Å². The molecule has 0 aliphatic heterocycles. The Balaban J connectivity index is 1.78. The van der Waals surface area contributed by atoms with Gasteiger partial charge in [-0.05, 0) is 11.5 Å². The van der Waals surface area contributed by atoms with Crippen molar-refractivity contribution in [1.82, 2.24) is 10.3 Å². The Morgan fingerprint density at radius 2 is 2.12 bits per heavy atom. The Labute approximate surface area is 100 Å². The summed E-state index contributed by atoms with van der Waals surface area (Å²) in [6.07, 6.45) is 1.85. The standard InChI is InChI=1S/C13H16N2S/c1-11(12-5-3-2-4-6-12)9-14-10-13-15-7-8-16-13/h2-8,11,14H,9-10H2,1H3. The summed E-state index contributed by atoms with van der Waals surface area (Å²) in [5.74, 6) is 0.543. The maximum atomic E-state index is 4.24. The fraction of sp³-hybridized carbons (Fsp3) is 0.308. The van der Waals surface area contributed by atoms with Crippen LogP contribution in [-0.4, -0.2) is 11.5 Å². The van der Waals surface area contributed by atoms with Crippen LogP contribution >= 0.6 is 11.3 Å². The van der Waals surface area contributed by atoms with Gasteiger partial charge in [0.1, 0.15) is 5.01 Å². The summed E-state index contributed by atoms with van der Waals surface area (Å²) >= 11 is 1.70. The van der Waals surface area contributed by atoms with E-state index in [1.165, 1.54) is 5.56 Å². The largest absolute Gasteiger partial charge is 0.310 e. The van der Waals surface area contributed by atoms with E-state index in [4.69, 9.17) is 0 Å². The molecule has 0 saturated carbocycles. The van der Waals surface area contributed by atoms with Gasteiger partial charge in [-0.15, -0.1) is 11.3 Å². The number of hydrogen-bond donors (Lipinski definition) is 1. The second kappa shape index (κ2) is 5.77. The molecular formula is C13H16N2S. The molecule has 0 saturated heterocycles. The van der Waals surface area contributed by atoms with E-state index in [1.54, 1.807) is 11.3 Å². The first-order valence-corrected chi connectivity index (χ1v) is 6.38. The van der Waals surface area contributed by atoms with E-state index in [9.17, 15) is 0 Å². The van der Waals surface area contributed by atoms with Crippen LogP contribution in [0.3, 0.4) is 0 Å². The van der Waals surface area contributed by atoms with Crippen molar-refractivity contribution >= 4 is 11.3 Å². The number of benzene rings is 1. The molecule has 2 aromatic rings. The fourth-order valence-corrected chi connectivity index (χ4v) is 2.22. The van der Waals surface area contributed by atoms with Gasteiger partial charge in [0, 0.05) is 24.7 Å². The first-order chi connectivity index (χ1) is 7.86. The zero-order valence-corrected chi connectivity index (χ0v) is 10.2. The van der Waals surface area contributed by atoms with E-state index in [0.29, 0.717) is 5.92 Å². The summed E-state index contributed by atoms with van der Waals surface area (Å²) in [6, 6.07) is 10.6. The molecule has 84 valence electrons. The zero-order chi connectivity index (χ0) is 11.2. The van der Waals surface area contributed by atoms with Gasteiger partial charge in [-0.1, -0.05) is 37.3 Å². The Kier molecular flexibility index (Phi) is 4.08. The van der Waals surface area contributed by atoms with Gasteiger partial charge in [-0.25, -0.2) is 4.98 Å². The van der Waals surface area contributed by atoms with Crippen molar-refractivity contribution in [1.29, 1.82) is 0 Å². The first kappa shape index (κ1) is 11.3. The van der Waals surface area contributed by atoms with Crippen LogP contribution in [0.4, 0.5) is 0 Å². The van der Waals surface area contributed by atoms with Gasteiger partial charge in [0.2, 0.25) is 0 Å². The summed E-state index contributed by atoms with van der Waals surface area (Å²) < 4.78 is 0. The number of hydrogen-bond acceptors (Lipinski definition) is 3. The van der Waals surface area contributed by atoms with Crippen LogP contribution in [0.1, 0.15) is 23.4 Å².